The smallest absolute Gasteiger partial charge is 0.0210 e. The predicted molar refractivity (Wildman–Crippen MR) is 58.6 cm³/mol. The maximum Gasteiger partial charge on any atom is 0.0210 e. The van der Waals surface area contributed by atoms with E-state index in [1.54, 1.807) is 0 Å². The maximum atomic E-state index is 6.02. The Morgan fingerprint density at radius 3 is 2.31 bits per heavy atom. The first-order valence-electron chi connectivity index (χ1n) is 4.55. The van der Waals surface area contributed by atoms with Crippen LogP contribution in [0.5, 0.6) is 0 Å². The monoisotopic (exact) mass is 239 g/mol. The van der Waals surface area contributed by atoms with Gasteiger partial charge in [0.05, 0.1) is 0 Å². The topological polar surface area (TPSA) is 26.0 Å². The summed E-state index contributed by atoms with van der Waals surface area (Å²) in [6.45, 7) is 4.45. The molecule has 2 rings (SSSR count). The fraction of sp³-hybridized carbons (Fsp3) is 0.455. The third kappa shape index (κ3) is 1.32. The van der Waals surface area contributed by atoms with Crippen molar-refractivity contribution in [2.45, 2.75) is 25.8 Å². The summed E-state index contributed by atoms with van der Waals surface area (Å²) in [6, 6.07) is 8.65. The molecule has 1 saturated carbocycles. The molecule has 0 unspecified atom stereocenters. The average molecular weight is 240 g/mol. The van der Waals surface area contributed by atoms with Gasteiger partial charge in [0.1, 0.15) is 0 Å². The Balaban J connectivity index is 2.34. The van der Waals surface area contributed by atoms with Crippen LogP contribution in [0.4, 0.5) is 0 Å². The van der Waals surface area contributed by atoms with Gasteiger partial charge in [-0.15, -0.1) is 0 Å². The zero-order chi connectivity index (χ0) is 9.64. The van der Waals surface area contributed by atoms with Crippen molar-refractivity contribution in [2.24, 2.45) is 11.1 Å². The molecule has 70 valence electrons. The molecule has 0 spiro atoms. The number of benzene rings is 1. The molecule has 0 radical (unpaired) electrons. The van der Waals surface area contributed by atoms with Crippen molar-refractivity contribution in [3.8, 4) is 0 Å². The van der Waals surface area contributed by atoms with Gasteiger partial charge in [-0.1, -0.05) is 48.0 Å². The van der Waals surface area contributed by atoms with Crippen LogP contribution in [0.2, 0.25) is 0 Å². The van der Waals surface area contributed by atoms with E-state index in [0.717, 1.165) is 0 Å². The summed E-state index contributed by atoms with van der Waals surface area (Å²) in [5.74, 6) is 0.517. The highest BCUT2D eigenvalue weighted by molar-refractivity contribution is 9.10. The standard InChI is InChI=1S/C11H14BrN/c1-11(2)9(10(11)13)7-5-3-4-6-8(7)12/h3-6,9-10H,13H2,1-2H3/t9-,10-/m0/s1. The van der Waals surface area contributed by atoms with E-state index >= 15 is 0 Å². The molecule has 0 aliphatic heterocycles. The molecule has 1 aliphatic rings. The van der Waals surface area contributed by atoms with Gasteiger partial charge >= 0.3 is 0 Å². The molecule has 1 aliphatic carbocycles. The molecule has 0 bridgehead atoms. The zero-order valence-electron chi connectivity index (χ0n) is 7.92. The first-order chi connectivity index (χ1) is 6.05. The Hall–Kier alpha value is -0.340. The molecule has 0 aromatic heterocycles. The average Bonchev–Trinajstić information content (AvgIpc) is 2.54. The molecular weight excluding hydrogens is 226 g/mol. The molecule has 0 saturated heterocycles. The van der Waals surface area contributed by atoms with Crippen molar-refractivity contribution in [3.63, 3.8) is 0 Å². The second-order valence-electron chi connectivity index (χ2n) is 4.35. The number of hydrogen-bond acceptors (Lipinski definition) is 1. The van der Waals surface area contributed by atoms with Gasteiger partial charge in [0.2, 0.25) is 0 Å². The van der Waals surface area contributed by atoms with Gasteiger partial charge < -0.3 is 5.73 Å². The lowest BCUT2D eigenvalue weighted by Crippen LogP contribution is -2.06. The second kappa shape index (κ2) is 2.82. The van der Waals surface area contributed by atoms with E-state index in [-0.39, 0.29) is 5.41 Å². The summed E-state index contributed by atoms with van der Waals surface area (Å²) >= 11 is 3.56. The minimum absolute atomic E-state index is 0.268. The largest absolute Gasteiger partial charge is 0.327 e. The highest BCUT2D eigenvalue weighted by Crippen LogP contribution is 2.58. The van der Waals surface area contributed by atoms with E-state index in [0.29, 0.717) is 12.0 Å². The Bertz CT molecular complexity index is 333. The highest BCUT2D eigenvalue weighted by atomic mass is 79.9. The van der Waals surface area contributed by atoms with E-state index in [1.807, 2.05) is 6.07 Å². The molecule has 1 nitrogen and oxygen atoms in total. The fourth-order valence-corrected chi connectivity index (χ4v) is 2.53. The quantitative estimate of drug-likeness (QED) is 0.802. The Kier molecular flexibility index (Phi) is 2.00. The van der Waals surface area contributed by atoms with E-state index in [2.05, 4.69) is 48.0 Å². The molecular formula is C11H14BrN. The van der Waals surface area contributed by atoms with Crippen LogP contribution in [0, 0.1) is 5.41 Å². The van der Waals surface area contributed by atoms with E-state index in [4.69, 9.17) is 5.73 Å². The van der Waals surface area contributed by atoms with E-state index in [1.165, 1.54) is 10.0 Å². The van der Waals surface area contributed by atoms with Crippen LogP contribution in [0.15, 0.2) is 28.7 Å². The number of hydrogen-bond donors (Lipinski definition) is 1. The summed E-state index contributed by atoms with van der Waals surface area (Å²) in [6.07, 6.45) is 0. The number of nitrogens with two attached hydrogens (primary N) is 1. The highest BCUT2D eigenvalue weighted by Gasteiger charge is 2.56. The van der Waals surface area contributed by atoms with Crippen molar-refractivity contribution >= 4 is 15.9 Å². The molecule has 1 aromatic rings. The normalized spacial score (nSPS) is 30.2. The third-order valence-electron chi connectivity index (χ3n) is 3.15. The number of rotatable bonds is 1. The predicted octanol–water partition coefficient (Wildman–Crippen LogP) is 2.90. The molecule has 0 heterocycles. The van der Waals surface area contributed by atoms with Crippen molar-refractivity contribution in [1.29, 1.82) is 0 Å². The van der Waals surface area contributed by atoms with Crippen molar-refractivity contribution in [2.75, 3.05) is 0 Å². The van der Waals surface area contributed by atoms with Crippen LogP contribution < -0.4 is 5.73 Å². The van der Waals surface area contributed by atoms with Gasteiger partial charge in [-0.3, -0.25) is 0 Å². The van der Waals surface area contributed by atoms with Crippen LogP contribution in [0.3, 0.4) is 0 Å². The van der Waals surface area contributed by atoms with Gasteiger partial charge in [-0.2, -0.15) is 0 Å². The molecule has 2 atom stereocenters. The second-order valence-corrected chi connectivity index (χ2v) is 5.20. The molecule has 2 heteroatoms. The summed E-state index contributed by atoms with van der Waals surface area (Å²) in [5.41, 5.74) is 7.64. The summed E-state index contributed by atoms with van der Waals surface area (Å²) in [5, 5.41) is 0. The van der Waals surface area contributed by atoms with Crippen LogP contribution in [-0.2, 0) is 0 Å². The van der Waals surface area contributed by atoms with Crippen LogP contribution >= 0.6 is 15.9 Å². The minimum atomic E-state index is 0.268. The lowest BCUT2D eigenvalue weighted by molar-refractivity contribution is 0.598. The van der Waals surface area contributed by atoms with Crippen LogP contribution in [0.1, 0.15) is 25.3 Å². The van der Waals surface area contributed by atoms with Gasteiger partial charge in [0.15, 0.2) is 0 Å². The number of halogens is 1. The summed E-state index contributed by atoms with van der Waals surface area (Å²) < 4.78 is 1.18. The van der Waals surface area contributed by atoms with Gasteiger partial charge in [0, 0.05) is 16.4 Å². The fourth-order valence-electron chi connectivity index (χ4n) is 2.00. The molecule has 2 N–H and O–H groups in total. The van der Waals surface area contributed by atoms with Crippen molar-refractivity contribution in [3.05, 3.63) is 34.3 Å². The molecule has 1 fully saturated rings. The van der Waals surface area contributed by atoms with Crippen molar-refractivity contribution < 1.29 is 0 Å². The van der Waals surface area contributed by atoms with Crippen LogP contribution in [-0.4, -0.2) is 6.04 Å². The first kappa shape index (κ1) is 9.22. The Morgan fingerprint density at radius 2 is 1.85 bits per heavy atom. The van der Waals surface area contributed by atoms with Crippen molar-refractivity contribution in [1.82, 2.24) is 0 Å². The Labute approximate surface area is 87.5 Å². The van der Waals surface area contributed by atoms with E-state index < -0.39 is 0 Å². The molecule has 1 aromatic carbocycles. The van der Waals surface area contributed by atoms with Gasteiger partial charge in [-0.05, 0) is 17.0 Å². The van der Waals surface area contributed by atoms with Crippen LogP contribution in [0.25, 0.3) is 0 Å². The van der Waals surface area contributed by atoms with Gasteiger partial charge in [-0.25, -0.2) is 0 Å². The SMILES string of the molecule is CC1(C)[C@@H](N)[C@@H]1c1ccccc1Br. The molecule has 0 amide bonds. The minimum Gasteiger partial charge on any atom is -0.327 e. The lowest BCUT2D eigenvalue weighted by atomic mass is 10.0. The Morgan fingerprint density at radius 1 is 1.31 bits per heavy atom. The first-order valence-corrected chi connectivity index (χ1v) is 5.34. The summed E-state index contributed by atoms with van der Waals surface area (Å²) in [4.78, 5) is 0. The third-order valence-corrected chi connectivity index (χ3v) is 3.87. The summed E-state index contributed by atoms with van der Waals surface area (Å²) in [7, 11) is 0. The molecule has 13 heavy (non-hydrogen) atoms. The van der Waals surface area contributed by atoms with Gasteiger partial charge in [0.25, 0.3) is 0 Å². The van der Waals surface area contributed by atoms with E-state index in [9.17, 15) is 0 Å². The lowest BCUT2D eigenvalue weighted by Gasteiger charge is -2.04. The zero-order valence-corrected chi connectivity index (χ0v) is 9.51. The maximum absolute atomic E-state index is 6.02.